The lowest BCUT2D eigenvalue weighted by atomic mass is 9.93. The van der Waals surface area contributed by atoms with E-state index in [0.717, 1.165) is 32.0 Å². The smallest absolute Gasteiger partial charge is 0.217 e. The topological polar surface area (TPSA) is 58.4 Å². The van der Waals surface area contributed by atoms with Crippen molar-refractivity contribution in [1.29, 1.82) is 0 Å². The van der Waals surface area contributed by atoms with Gasteiger partial charge in [0.1, 0.15) is 0 Å². The van der Waals surface area contributed by atoms with Crippen molar-refractivity contribution in [3.05, 3.63) is 0 Å². The molecule has 18 heavy (non-hydrogen) atoms. The molecule has 0 aromatic carbocycles. The molecule has 4 nitrogen and oxygen atoms in total. The van der Waals surface area contributed by atoms with Gasteiger partial charge in [-0.2, -0.15) is 0 Å². The Morgan fingerprint density at radius 1 is 1.28 bits per heavy atom. The van der Waals surface area contributed by atoms with Gasteiger partial charge in [-0.3, -0.25) is 4.79 Å². The Morgan fingerprint density at radius 3 is 2.67 bits per heavy atom. The van der Waals surface area contributed by atoms with E-state index in [-0.39, 0.29) is 5.91 Å². The monoisotopic (exact) mass is 253 g/mol. The lowest BCUT2D eigenvalue weighted by molar-refractivity contribution is -0.119. The average Bonchev–Trinajstić information content (AvgIpc) is 2.84. The Hall–Kier alpha value is -0.610. The van der Waals surface area contributed by atoms with E-state index in [9.17, 15) is 4.79 Å². The van der Waals surface area contributed by atoms with E-state index in [1.165, 1.54) is 38.8 Å². The van der Waals surface area contributed by atoms with Gasteiger partial charge in [0, 0.05) is 12.5 Å². The molecule has 2 rings (SSSR count). The summed E-state index contributed by atoms with van der Waals surface area (Å²) in [7, 11) is 0. The number of likely N-dealkylation sites (tertiary alicyclic amines) is 1. The maximum atomic E-state index is 10.9. The highest BCUT2D eigenvalue weighted by atomic mass is 16.1. The molecule has 4 heteroatoms. The van der Waals surface area contributed by atoms with Crippen LogP contribution in [0.3, 0.4) is 0 Å². The maximum absolute atomic E-state index is 10.9. The number of primary amides is 1. The zero-order chi connectivity index (χ0) is 12.8. The second-order valence-electron chi connectivity index (χ2n) is 5.89. The van der Waals surface area contributed by atoms with Gasteiger partial charge < -0.3 is 16.0 Å². The normalized spacial score (nSPS) is 26.6. The van der Waals surface area contributed by atoms with Crippen molar-refractivity contribution < 1.29 is 4.79 Å². The van der Waals surface area contributed by atoms with Gasteiger partial charge in [-0.25, -0.2) is 0 Å². The molecule has 2 fully saturated rings. The Morgan fingerprint density at radius 2 is 2.06 bits per heavy atom. The lowest BCUT2D eigenvalue weighted by Gasteiger charge is -2.31. The number of amides is 1. The first-order valence-corrected chi connectivity index (χ1v) is 7.48. The number of nitrogens with one attached hydrogen (secondary N) is 1. The number of rotatable bonds is 6. The second kappa shape index (κ2) is 7.10. The molecule has 1 amide bonds. The van der Waals surface area contributed by atoms with Crippen molar-refractivity contribution >= 4 is 5.91 Å². The summed E-state index contributed by atoms with van der Waals surface area (Å²) in [6.07, 6.45) is 8.21. The third-order valence-electron chi connectivity index (χ3n) is 4.39. The highest BCUT2D eigenvalue weighted by Crippen LogP contribution is 2.20. The standard InChI is InChI=1S/C14H27N3O/c15-14(18)11-12-5-9-17(10-6-12)8-2-4-13-3-1-7-16-13/h12-13,16H,1-11H2,(H2,15,18). The molecule has 2 saturated heterocycles. The molecule has 2 aliphatic heterocycles. The van der Waals surface area contributed by atoms with Crippen LogP contribution in [0.2, 0.25) is 0 Å². The summed E-state index contributed by atoms with van der Waals surface area (Å²) in [5.41, 5.74) is 5.25. The lowest BCUT2D eigenvalue weighted by Crippen LogP contribution is -2.36. The van der Waals surface area contributed by atoms with E-state index in [2.05, 4.69) is 10.2 Å². The molecular formula is C14H27N3O. The molecule has 104 valence electrons. The molecule has 0 aromatic heterocycles. The van der Waals surface area contributed by atoms with Crippen LogP contribution in [-0.4, -0.2) is 43.0 Å². The molecule has 0 radical (unpaired) electrons. The molecule has 2 aliphatic rings. The fourth-order valence-electron chi connectivity index (χ4n) is 3.26. The van der Waals surface area contributed by atoms with Crippen LogP contribution in [0, 0.1) is 5.92 Å². The minimum Gasteiger partial charge on any atom is -0.370 e. The summed E-state index contributed by atoms with van der Waals surface area (Å²) in [6.45, 7) is 4.73. The maximum Gasteiger partial charge on any atom is 0.217 e. The van der Waals surface area contributed by atoms with Crippen molar-refractivity contribution in [2.45, 2.75) is 51.0 Å². The molecule has 0 aliphatic carbocycles. The first-order chi connectivity index (χ1) is 8.74. The largest absolute Gasteiger partial charge is 0.370 e. The first-order valence-electron chi connectivity index (χ1n) is 7.48. The quantitative estimate of drug-likeness (QED) is 0.745. The third-order valence-corrected chi connectivity index (χ3v) is 4.39. The Labute approximate surface area is 110 Å². The van der Waals surface area contributed by atoms with E-state index in [4.69, 9.17) is 5.73 Å². The molecule has 2 heterocycles. The van der Waals surface area contributed by atoms with Gasteiger partial charge in [-0.1, -0.05) is 0 Å². The highest BCUT2D eigenvalue weighted by Gasteiger charge is 2.20. The van der Waals surface area contributed by atoms with Crippen molar-refractivity contribution in [2.24, 2.45) is 11.7 Å². The summed E-state index contributed by atoms with van der Waals surface area (Å²) in [4.78, 5) is 13.4. The fraction of sp³-hybridized carbons (Fsp3) is 0.929. The molecule has 0 saturated carbocycles. The minimum absolute atomic E-state index is 0.138. The van der Waals surface area contributed by atoms with Crippen molar-refractivity contribution in [3.63, 3.8) is 0 Å². The van der Waals surface area contributed by atoms with Crippen LogP contribution < -0.4 is 11.1 Å². The number of piperidine rings is 1. The molecule has 0 bridgehead atoms. The number of hydrogen-bond acceptors (Lipinski definition) is 3. The van der Waals surface area contributed by atoms with Gasteiger partial charge in [0.05, 0.1) is 0 Å². The van der Waals surface area contributed by atoms with Crippen LogP contribution in [0.15, 0.2) is 0 Å². The van der Waals surface area contributed by atoms with Gasteiger partial charge in [0.25, 0.3) is 0 Å². The van der Waals surface area contributed by atoms with Gasteiger partial charge in [0.2, 0.25) is 5.91 Å². The van der Waals surface area contributed by atoms with Crippen LogP contribution in [-0.2, 0) is 4.79 Å². The molecule has 3 N–H and O–H groups in total. The average molecular weight is 253 g/mol. The highest BCUT2D eigenvalue weighted by molar-refractivity contribution is 5.73. The van der Waals surface area contributed by atoms with Gasteiger partial charge >= 0.3 is 0 Å². The van der Waals surface area contributed by atoms with Crippen LogP contribution in [0.4, 0.5) is 0 Å². The zero-order valence-corrected chi connectivity index (χ0v) is 11.4. The summed E-state index contributed by atoms with van der Waals surface area (Å²) in [6, 6.07) is 0.775. The Kier molecular flexibility index (Phi) is 5.45. The van der Waals surface area contributed by atoms with E-state index >= 15 is 0 Å². The Balaban J connectivity index is 1.54. The number of nitrogens with two attached hydrogens (primary N) is 1. The molecule has 0 spiro atoms. The molecule has 1 atom stereocenters. The van der Waals surface area contributed by atoms with Gasteiger partial charge in [0.15, 0.2) is 0 Å². The van der Waals surface area contributed by atoms with Crippen molar-refractivity contribution in [1.82, 2.24) is 10.2 Å². The summed E-state index contributed by atoms with van der Waals surface area (Å²) in [5, 5.41) is 3.55. The third kappa shape index (κ3) is 4.58. The van der Waals surface area contributed by atoms with Crippen LogP contribution in [0.5, 0.6) is 0 Å². The minimum atomic E-state index is -0.138. The summed E-state index contributed by atoms with van der Waals surface area (Å²) >= 11 is 0. The molecule has 1 unspecified atom stereocenters. The number of hydrogen-bond donors (Lipinski definition) is 2. The predicted octanol–water partition coefficient (Wildman–Crippen LogP) is 1.11. The van der Waals surface area contributed by atoms with Crippen LogP contribution in [0.1, 0.15) is 44.9 Å². The first kappa shape index (κ1) is 13.8. The van der Waals surface area contributed by atoms with E-state index < -0.39 is 0 Å². The number of carbonyl (C=O) groups is 1. The van der Waals surface area contributed by atoms with Crippen LogP contribution in [0.25, 0.3) is 0 Å². The van der Waals surface area contributed by atoms with Gasteiger partial charge in [-0.05, 0) is 70.6 Å². The predicted molar refractivity (Wildman–Crippen MR) is 73.2 cm³/mol. The second-order valence-corrected chi connectivity index (χ2v) is 5.89. The van der Waals surface area contributed by atoms with E-state index in [1.807, 2.05) is 0 Å². The number of nitrogens with zero attached hydrogens (tertiary/aromatic N) is 1. The van der Waals surface area contributed by atoms with E-state index in [1.54, 1.807) is 0 Å². The zero-order valence-electron chi connectivity index (χ0n) is 11.4. The number of carbonyl (C=O) groups excluding carboxylic acids is 1. The molecule has 0 aromatic rings. The van der Waals surface area contributed by atoms with Crippen molar-refractivity contribution in [2.75, 3.05) is 26.2 Å². The van der Waals surface area contributed by atoms with E-state index in [0.29, 0.717) is 12.3 Å². The van der Waals surface area contributed by atoms with Crippen molar-refractivity contribution in [3.8, 4) is 0 Å². The Bertz CT molecular complexity index is 256. The van der Waals surface area contributed by atoms with Gasteiger partial charge in [-0.15, -0.1) is 0 Å². The SMILES string of the molecule is NC(=O)CC1CCN(CCCC2CCCN2)CC1. The summed E-state index contributed by atoms with van der Waals surface area (Å²) in [5.74, 6) is 0.399. The van der Waals surface area contributed by atoms with Crippen LogP contribution >= 0.6 is 0 Å². The summed E-state index contributed by atoms with van der Waals surface area (Å²) < 4.78 is 0. The fourth-order valence-corrected chi connectivity index (χ4v) is 3.26. The molecular weight excluding hydrogens is 226 g/mol.